The summed E-state index contributed by atoms with van der Waals surface area (Å²) in [5, 5.41) is 19.8. The molecule has 2 N–H and O–H groups in total. The topological polar surface area (TPSA) is 56.2 Å². The van der Waals surface area contributed by atoms with Crippen molar-refractivity contribution in [2.75, 3.05) is 33.4 Å². The fraction of sp³-hybridized carbons (Fsp3) is 0.700. The van der Waals surface area contributed by atoms with Crippen LogP contribution in [-0.2, 0) is 6.54 Å². The Morgan fingerprint density at radius 3 is 2.68 bits per heavy atom. The van der Waals surface area contributed by atoms with Gasteiger partial charge in [0.25, 0.3) is 0 Å². The first-order valence-electron chi connectivity index (χ1n) is 9.66. The minimum Gasteiger partial charge on any atom is -0.507 e. The summed E-state index contributed by atoms with van der Waals surface area (Å²) in [6, 6.07) is 6.53. The minimum atomic E-state index is 0.238. The van der Waals surface area contributed by atoms with Crippen LogP contribution in [-0.4, -0.2) is 65.4 Å². The third-order valence-electron chi connectivity index (χ3n) is 5.83. The van der Waals surface area contributed by atoms with Crippen LogP contribution in [0, 0.1) is 0 Å². The van der Waals surface area contributed by atoms with Crippen molar-refractivity contribution in [3.8, 4) is 11.5 Å². The number of phenols is 1. The van der Waals surface area contributed by atoms with Crippen molar-refractivity contribution >= 4 is 0 Å². The van der Waals surface area contributed by atoms with E-state index >= 15 is 0 Å². The highest BCUT2D eigenvalue weighted by atomic mass is 16.5. The Bertz CT molecular complexity index is 546. The van der Waals surface area contributed by atoms with E-state index in [0.717, 1.165) is 37.4 Å². The first-order chi connectivity index (χ1) is 12.2. The van der Waals surface area contributed by atoms with Crippen molar-refractivity contribution in [3.63, 3.8) is 0 Å². The van der Waals surface area contributed by atoms with E-state index in [4.69, 9.17) is 4.74 Å². The maximum absolute atomic E-state index is 10.2. The van der Waals surface area contributed by atoms with E-state index in [0.29, 0.717) is 24.4 Å². The highest BCUT2D eigenvalue weighted by molar-refractivity contribution is 5.43. The third-order valence-corrected chi connectivity index (χ3v) is 5.83. The van der Waals surface area contributed by atoms with Crippen LogP contribution in [0.3, 0.4) is 0 Å². The molecule has 0 unspecified atom stereocenters. The second-order valence-electron chi connectivity index (χ2n) is 7.39. The summed E-state index contributed by atoms with van der Waals surface area (Å²) in [6.45, 7) is 3.91. The number of nitrogens with zero attached hydrogens (tertiary/aromatic N) is 2. The largest absolute Gasteiger partial charge is 0.507 e. The van der Waals surface area contributed by atoms with Gasteiger partial charge in [-0.3, -0.25) is 9.80 Å². The fourth-order valence-corrected chi connectivity index (χ4v) is 4.50. The lowest BCUT2D eigenvalue weighted by molar-refractivity contribution is 0.0132. The molecule has 25 heavy (non-hydrogen) atoms. The molecule has 2 aliphatic rings. The van der Waals surface area contributed by atoms with E-state index in [1.54, 1.807) is 13.2 Å². The van der Waals surface area contributed by atoms with Crippen LogP contribution in [0.25, 0.3) is 0 Å². The molecule has 0 bridgehead atoms. The lowest BCUT2D eigenvalue weighted by Crippen LogP contribution is -2.56. The van der Waals surface area contributed by atoms with Crippen molar-refractivity contribution in [3.05, 3.63) is 23.8 Å². The van der Waals surface area contributed by atoms with Crippen LogP contribution in [0.4, 0.5) is 0 Å². The number of methoxy groups -OCH3 is 1. The van der Waals surface area contributed by atoms with Crippen LogP contribution in [0.5, 0.6) is 11.5 Å². The quantitative estimate of drug-likeness (QED) is 0.828. The number of aromatic hydroxyl groups is 1. The number of aliphatic hydroxyl groups is 1. The molecular weight excluding hydrogens is 316 g/mol. The van der Waals surface area contributed by atoms with Gasteiger partial charge >= 0.3 is 0 Å². The van der Waals surface area contributed by atoms with E-state index in [-0.39, 0.29) is 6.61 Å². The van der Waals surface area contributed by atoms with Crippen molar-refractivity contribution in [2.24, 2.45) is 0 Å². The van der Waals surface area contributed by atoms with Gasteiger partial charge in [-0.25, -0.2) is 0 Å². The second-order valence-corrected chi connectivity index (χ2v) is 7.39. The number of aliphatic hydroxyl groups excluding tert-OH is 1. The molecule has 1 saturated heterocycles. The second kappa shape index (κ2) is 8.88. The fourth-order valence-electron chi connectivity index (χ4n) is 4.50. The van der Waals surface area contributed by atoms with Crippen LogP contribution >= 0.6 is 0 Å². The average Bonchev–Trinajstić information content (AvgIpc) is 2.64. The van der Waals surface area contributed by atoms with Gasteiger partial charge in [0, 0.05) is 50.4 Å². The number of hydrogen-bond donors (Lipinski definition) is 2. The Kier molecular flexibility index (Phi) is 6.57. The van der Waals surface area contributed by atoms with Gasteiger partial charge in [0.1, 0.15) is 11.5 Å². The van der Waals surface area contributed by atoms with Gasteiger partial charge in [0.05, 0.1) is 7.11 Å². The Labute approximate surface area is 151 Å². The highest BCUT2D eigenvalue weighted by Crippen LogP contribution is 2.31. The summed E-state index contributed by atoms with van der Waals surface area (Å²) in [5.74, 6) is 1.04. The molecule has 1 aliphatic carbocycles. The Balaban J connectivity index is 1.67. The molecule has 0 spiro atoms. The lowest BCUT2D eigenvalue weighted by atomic mass is 9.91. The van der Waals surface area contributed by atoms with E-state index in [2.05, 4.69) is 9.80 Å². The summed E-state index contributed by atoms with van der Waals surface area (Å²) in [4.78, 5) is 5.03. The van der Waals surface area contributed by atoms with Gasteiger partial charge < -0.3 is 14.9 Å². The number of phenolic OH excluding ortho intramolecular Hbond substituents is 1. The number of hydrogen-bond acceptors (Lipinski definition) is 5. The standard InChI is InChI=1S/C20H32N2O3/c1-25-20-9-5-8-19(24)18(20)15-21-11-12-22(17(14-21)10-13-23)16-6-3-2-4-7-16/h5,8-9,16-17,23-24H,2-4,6-7,10-15H2,1H3/t17-/m0/s1. The molecule has 5 heteroatoms. The van der Waals surface area contributed by atoms with Gasteiger partial charge in [-0.2, -0.15) is 0 Å². The zero-order valence-corrected chi connectivity index (χ0v) is 15.4. The average molecular weight is 348 g/mol. The molecule has 2 fully saturated rings. The highest BCUT2D eigenvalue weighted by Gasteiger charge is 2.32. The molecule has 0 amide bonds. The molecule has 3 rings (SSSR count). The van der Waals surface area contributed by atoms with E-state index in [1.165, 1.54) is 32.1 Å². The van der Waals surface area contributed by atoms with Gasteiger partial charge in [-0.05, 0) is 31.4 Å². The summed E-state index contributed by atoms with van der Waals surface area (Å²) in [7, 11) is 1.65. The van der Waals surface area contributed by atoms with E-state index in [9.17, 15) is 10.2 Å². The Morgan fingerprint density at radius 2 is 1.96 bits per heavy atom. The Hall–Kier alpha value is -1.30. The minimum absolute atomic E-state index is 0.238. The van der Waals surface area contributed by atoms with Crippen LogP contribution < -0.4 is 4.74 Å². The SMILES string of the molecule is COc1cccc(O)c1CN1CCN(C2CCCCC2)[C@@H](CCO)C1. The van der Waals surface area contributed by atoms with Gasteiger partial charge in [-0.15, -0.1) is 0 Å². The molecule has 0 radical (unpaired) electrons. The molecular formula is C20H32N2O3. The molecule has 0 aromatic heterocycles. The smallest absolute Gasteiger partial charge is 0.127 e. The van der Waals surface area contributed by atoms with Crippen LogP contribution in [0.2, 0.25) is 0 Å². The summed E-state index contributed by atoms with van der Waals surface area (Å²) < 4.78 is 5.42. The molecule has 5 nitrogen and oxygen atoms in total. The molecule has 1 saturated carbocycles. The molecule has 140 valence electrons. The lowest BCUT2D eigenvalue weighted by Gasteiger charge is -2.46. The van der Waals surface area contributed by atoms with Crippen molar-refractivity contribution in [2.45, 2.75) is 57.2 Å². The van der Waals surface area contributed by atoms with E-state index < -0.39 is 0 Å². The van der Waals surface area contributed by atoms with Crippen molar-refractivity contribution in [1.29, 1.82) is 0 Å². The van der Waals surface area contributed by atoms with Gasteiger partial charge in [0.15, 0.2) is 0 Å². The molecule has 1 heterocycles. The first kappa shape index (κ1) is 18.5. The molecule has 1 atom stereocenters. The predicted octanol–water partition coefficient (Wildman–Crippen LogP) is 2.60. The third kappa shape index (κ3) is 4.46. The van der Waals surface area contributed by atoms with Crippen molar-refractivity contribution < 1.29 is 14.9 Å². The summed E-state index contributed by atoms with van der Waals surface area (Å²) in [6.07, 6.45) is 7.47. The van der Waals surface area contributed by atoms with E-state index in [1.807, 2.05) is 12.1 Å². The number of ether oxygens (including phenoxy) is 1. The molecule has 1 aromatic rings. The molecule has 1 aromatic carbocycles. The number of benzene rings is 1. The first-order valence-corrected chi connectivity index (χ1v) is 9.66. The summed E-state index contributed by atoms with van der Waals surface area (Å²) >= 11 is 0. The maximum Gasteiger partial charge on any atom is 0.127 e. The number of rotatable bonds is 6. The van der Waals surface area contributed by atoms with Gasteiger partial charge in [0.2, 0.25) is 0 Å². The normalized spacial score (nSPS) is 23.7. The zero-order chi connectivity index (χ0) is 17.6. The zero-order valence-electron chi connectivity index (χ0n) is 15.4. The van der Waals surface area contributed by atoms with Crippen LogP contribution in [0.15, 0.2) is 18.2 Å². The van der Waals surface area contributed by atoms with Crippen LogP contribution in [0.1, 0.15) is 44.1 Å². The van der Waals surface area contributed by atoms with Gasteiger partial charge in [-0.1, -0.05) is 25.3 Å². The Morgan fingerprint density at radius 1 is 1.16 bits per heavy atom. The number of piperazine rings is 1. The molecule has 1 aliphatic heterocycles. The summed E-state index contributed by atoms with van der Waals surface area (Å²) in [5.41, 5.74) is 0.860. The van der Waals surface area contributed by atoms with Crippen molar-refractivity contribution in [1.82, 2.24) is 9.80 Å². The maximum atomic E-state index is 10.2. The predicted molar refractivity (Wildman–Crippen MR) is 99.0 cm³/mol. The monoisotopic (exact) mass is 348 g/mol.